The zero-order valence-electron chi connectivity index (χ0n) is 18.2. The van der Waals surface area contributed by atoms with E-state index in [1.54, 1.807) is 10.9 Å². The molecule has 3 aromatic heterocycles. The smallest absolute Gasteiger partial charge is 0.381 e. The second-order valence-electron chi connectivity index (χ2n) is 7.67. The van der Waals surface area contributed by atoms with E-state index in [0.29, 0.717) is 11.6 Å². The number of nitrogens with one attached hydrogen (secondary N) is 2. The minimum Gasteiger partial charge on any atom is -0.488 e. The number of ether oxygens (including phenoxy) is 1. The Morgan fingerprint density at radius 1 is 1.29 bits per heavy atom. The molecular weight excluding hydrogens is 460 g/mol. The van der Waals surface area contributed by atoms with Gasteiger partial charge in [-0.05, 0) is 30.5 Å². The minimum absolute atomic E-state index is 0.0907. The summed E-state index contributed by atoms with van der Waals surface area (Å²) in [6, 6.07) is 10.3. The van der Waals surface area contributed by atoms with Crippen LogP contribution in [0.2, 0.25) is 0 Å². The molecule has 34 heavy (non-hydrogen) atoms. The van der Waals surface area contributed by atoms with Gasteiger partial charge in [0.15, 0.2) is 5.76 Å². The van der Waals surface area contributed by atoms with Crippen LogP contribution in [0.4, 0.5) is 10.8 Å². The van der Waals surface area contributed by atoms with E-state index < -0.39 is 23.7 Å². The van der Waals surface area contributed by atoms with Crippen LogP contribution >= 0.6 is 11.3 Å². The van der Waals surface area contributed by atoms with Crippen molar-refractivity contribution in [3.8, 4) is 10.9 Å². The Morgan fingerprint density at radius 2 is 2.12 bits per heavy atom. The van der Waals surface area contributed by atoms with Gasteiger partial charge in [-0.15, -0.1) is 10.2 Å². The highest BCUT2D eigenvalue weighted by Crippen LogP contribution is 2.34. The van der Waals surface area contributed by atoms with Crippen molar-refractivity contribution in [1.82, 2.24) is 20.0 Å². The van der Waals surface area contributed by atoms with Crippen LogP contribution in [0.5, 0.6) is 5.75 Å². The minimum atomic E-state index is -0.826. The van der Waals surface area contributed by atoms with E-state index in [-0.39, 0.29) is 22.3 Å². The highest BCUT2D eigenvalue weighted by atomic mass is 32.1. The molecular formula is C22H20N6O5S. The Morgan fingerprint density at radius 3 is 2.85 bits per heavy atom. The Balaban J connectivity index is 1.38. The number of hydrogen-bond acceptors (Lipinski definition) is 10. The summed E-state index contributed by atoms with van der Waals surface area (Å²) in [5.74, 6) is -1.02. The van der Waals surface area contributed by atoms with Gasteiger partial charge in [-0.3, -0.25) is 10.1 Å². The number of aliphatic hydroxyl groups is 1. The maximum absolute atomic E-state index is 12.8. The van der Waals surface area contributed by atoms with E-state index in [2.05, 4.69) is 25.9 Å². The van der Waals surface area contributed by atoms with Crippen LogP contribution < -0.4 is 21.0 Å². The topological polar surface area (TPSA) is 144 Å². The number of fused-ring (bicyclic) bond motifs is 1. The molecule has 0 saturated carbocycles. The summed E-state index contributed by atoms with van der Waals surface area (Å²) in [6.45, 7) is 1.87. The van der Waals surface area contributed by atoms with Gasteiger partial charge in [0.05, 0.1) is 24.9 Å². The molecule has 11 nitrogen and oxygen atoms in total. The fourth-order valence-electron chi connectivity index (χ4n) is 3.88. The molecule has 4 aromatic rings. The van der Waals surface area contributed by atoms with Gasteiger partial charge in [0.1, 0.15) is 0 Å². The maximum Gasteiger partial charge on any atom is 0.381 e. The van der Waals surface area contributed by atoms with Crippen molar-refractivity contribution in [2.45, 2.75) is 25.5 Å². The largest absolute Gasteiger partial charge is 0.488 e. The summed E-state index contributed by atoms with van der Waals surface area (Å²) in [5.41, 5.74) is 2.10. The second-order valence-corrected chi connectivity index (χ2v) is 8.63. The van der Waals surface area contributed by atoms with E-state index in [0.717, 1.165) is 28.2 Å². The molecule has 12 heteroatoms. The Hall–Kier alpha value is -4.03. The quantitative estimate of drug-likeness (QED) is 0.379. The molecule has 0 saturated heterocycles. The number of hydrogen-bond donors (Lipinski definition) is 3. The van der Waals surface area contributed by atoms with Gasteiger partial charge in [-0.2, -0.15) is 5.10 Å². The molecule has 0 spiro atoms. The van der Waals surface area contributed by atoms with Gasteiger partial charge in [-0.25, -0.2) is 9.48 Å². The summed E-state index contributed by atoms with van der Waals surface area (Å²) in [4.78, 5) is 25.3. The standard InChI is InChI=1S/C22H20N6O5S/c1-11-7-8-23-28(11)22-27-26-21(34-22)25-19(30)16-10-15(18(32-2)20(31)33-16)24-14-9-12-5-3-4-6-13(12)17(14)29/h3-8,10,14,17,24,29H,9H2,1-2H3,(H,25,26,30)/t14-,17+/m0/s1. The third-order valence-corrected chi connectivity index (χ3v) is 6.33. The number of amides is 1. The molecule has 174 valence electrons. The number of rotatable bonds is 6. The highest BCUT2D eigenvalue weighted by Gasteiger charge is 2.32. The first-order valence-corrected chi connectivity index (χ1v) is 11.2. The molecule has 2 atom stereocenters. The third kappa shape index (κ3) is 3.93. The number of carbonyl (C=O) groups excluding carboxylic acids is 1. The molecule has 1 aliphatic rings. The van der Waals surface area contributed by atoms with Crippen LogP contribution in [0.15, 0.2) is 51.8 Å². The molecule has 0 radical (unpaired) electrons. The summed E-state index contributed by atoms with van der Waals surface area (Å²) in [7, 11) is 1.33. The second kappa shape index (κ2) is 8.72. The highest BCUT2D eigenvalue weighted by molar-refractivity contribution is 7.17. The van der Waals surface area contributed by atoms with Gasteiger partial charge < -0.3 is 19.6 Å². The first-order chi connectivity index (χ1) is 16.4. The van der Waals surface area contributed by atoms with E-state index >= 15 is 0 Å². The van der Waals surface area contributed by atoms with Gasteiger partial charge in [0.25, 0.3) is 5.91 Å². The van der Waals surface area contributed by atoms with Crippen molar-refractivity contribution >= 4 is 28.1 Å². The molecule has 5 rings (SSSR count). The summed E-state index contributed by atoms with van der Waals surface area (Å²) in [5, 5.41) is 29.3. The molecule has 1 aromatic carbocycles. The van der Waals surface area contributed by atoms with Crippen LogP contribution in [0.1, 0.15) is 33.5 Å². The molecule has 0 unspecified atom stereocenters. The van der Waals surface area contributed by atoms with Crippen molar-refractivity contribution < 1.29 is 19.1 Å². The molecule has 3 N–H and O–H groups in total. The zero-order chi connectivity index (χ0) is 23.8. The van der Waals surface area contributed by atoms with Crippen molar-refractivity contribution in [3.05, 3.63) is 75.6 Å². The number of carbonyl (C=O) groups is 1. The number of aromatic nitrogens is 4. The van der Waals surface area contributed by atoms with E-state index in [1.807, 2.05) is 37.3 Å². The zero-order valence-corrected chi connectivity index (χ0v) is 19.0. The predicted molar refractivity (Wildman–Crippen MR) is 124 cm³/mol. The van der Waals surface area contributed by atoms with Gasteiger partial charge in [0, 0.05) is 18.0 Å². The number of aliphatic hydroxyl groups excluding tert-OH is 1. The molecule has 0 aliphatic heterocycles. The summed E-state index contributed by atoms with van der Waals surface area (Å²) in [6.07, 6.45) is 1.40. The van der Waals surface area contributed by atoms with Crippen molar-refractivity contribution in [1.29, 1.82) is 0 Å². The molecule has 1 amide bonds. The Bertz CT molecular complexity index is 1430. The SMILES string of the molecule is COc1c(N[C@H]2Cc3ccccc3[C@H]2O)cc(C(=O)Nc2nnc(-n3nccc3C)s2)oc1=O. The van der Waals surface area contributed by atoms with Gasteiger partial charge in [-0.1, -0.05) is 35.6 Å². The number of aryl methyl sites for hydroxylation is 1. The fraction of sp³-hybridized carbons (Fsp3) is 0.227. The van der Waals surface area contributed by atoms with E-state index in [4.69, 9.17) is 9.15 Å². The van der Waals surface area contributed by atoms with Crippen molar-refractivity contribution in [2.24, 2.45) is 0 Å². The fourth-order valence-corrected chi connectivity index (χ4v) is 4.64. The van der Waals surface area contributed by atoms with Crippen LogP contribution in [-0.4, -0.2) is 44.1 Å². The van der Waals surface area contributed by atoms with Crippen molar-refractivity contribution in [3.63, 3.8) is 0 Å². The summed E-state index contributed by atoms with van der Waals surface area (Å²) >= 11 is 1.12. The molecule has 3 heterocycles. The van der Waals surface area contributed by atoms with Crippen molar-refractivity contribution in [2.75, 3.05) is 17.7 Å². The maximum atomic E-state index is 12.8. The average molecular weight is 481 g/mol. The number of nitrogens with zero attached hydrogens (tertiary/aromatic N) is 4. The number of benzene rings is 1. The van der Waals surface area contributed by atoms with E-state index in [9.17, 15) is 14.7 Å². The predicted octanol–water partition coefficient (Wildman–Crippen LogP) is 2.32. The van der Waals surface area contributed by atoms with E-state index in [1.165, 1.54) is 13.2 Å². The van der Waals surface area contributed by atoms with Crippen LogP contribution in [0, 0.1) is 6.92 Å². The lowest BCUT2D eigenvalue weighted by Gasteiger charge is -2.19. The van der Waals surface area contributed by atoms with Gasteiger partial charge in [0.2, 0.25) is 16.0 Å². The average Bonchev–Trinajstić information content (AvgIpc) is 3.53. The lowest BCUT2D eigenvalue weighted by Crippen LogP contribution is -2.26. The number of methoxy groups -OCH3 is 1. The number of anilines is 2. The summed E-state index contributed by atoms with van der Waals surface area (Å²) < 4.78 is 12.0. The molecule has 0 fully saturated rings. The first-order valence-electron chi connectivity index (χ1n) is 10.3. The van der Waals surface area contributed by atoms with Crippen LogP contribution in [0.25, 0.3) is 5.13 Å². The Labute approximate surface area is 197 Å². The third-order valence-electron chi connectivity index (χ3n) is 5.52. The lowest BCUT2D eigenvalue weighted by molar-refractivity contribution is 0.0991. The normalized spacial score (nSPS) is 16.8. The van der Waals surface area contributed by atoms with Gasteiger partial charge >= 0.3 is 5.63 Å². The molecule has 1 aliphatic carbocycles. The lowest BCUT2D eigenvalue weighted by atomic mass is 10.1. The monoisotopic (exact) mass is 480 g/mol. The van der Waals surface area contributed by atoms with Crippen LogP contribution in [-0.2, 0) is 6.42 Å². The van der Waals surface area contributed by atoms with Crippen LogP contribution in [0.3, 0.4) is 0 Å². The molecule has 0 bridgehead atoms. The first kappa shape index (κ1) is 21.8. The Kier molecular flexibility index (Phi) is 5.59.